The Bertz CT molecular complexity index is 3720. The molecule has 0 N–H and O–H groups in total. The van der Waals surface area contributed by atoms with E-state index in [2.05, 4.69) is 266 Å². The topological polar surface area (TPSA) is 16.4 Å². The second-order valence-corrected chi connectivity index (χ2v) is 17.5. The van der Waals surface area contributed by atoms with Crippen molar-refractivity contribution in [3.63, 3.8) is 0 Å². The van der Waals surface area contributed by atoms with Gasteiger partial charge >= 0.3 is 0 Å². The second kappa shape index (κ2) is 15.8. The third-order valence-electron chi connectivity index (χ3n) is 14.0. The van der Waals surface area contributed by atoms with Crippen LogP contribution in [0.2, 0.25) is 0 Å². The van der Waals surface area contributed by atoms with E-state index in [0.717, 1.165) is 55.5 Å². The number of hydrogen-bond acceptors (Lipinski definition) is 2. The Morgan fingerprint density at radius 3 is 1.46 bits per heavy atom. The fraction of sp³-hybridized carbons (Fsp3) is 0.0154. The molecule has 11 aromatic carbocycles. The largest absolute Gasteiger partial charge is 0.455 e. The van der Waals surface area contributed by atoms with Crippen LogP contribution in [-0.4, -0.2) is 0 Å². The smallest absolute Gasteiger partial charge is 0.143 e. The highest BCUT2D eigenvalue weighted by Crippen LogP contribution is 2.57. The Labute approximate surface area is 390 Å². The molecule has 67 heavy (non-hydrogen) atoms. The van der Waals surface area contributed by atoms with Crippen LogP contribution < -0.4 is 4.90 Å². The number of nitrogens with zero attached hydrogens (tertiary/aromatic N) is 1. The summed E-state index contributed by atoms with van der Waals surface area (Å²) in [4.78, 5) is 2.41. The molecule has 0 radical (unpaired) electrons. The van der Waals surface area contributed by atoms with E-state index in [-0.39, 0.29) is 0 Å². The first-order chi connectivity index (χ1) is 33.2. The Hall–Kier alpha value is -8.72. The molecular formula is C65H43NO. The van der Waals surface area contributed by atoms with Crippen LogP contribution in [0.15, 0.2) is 265 Å². The summed E-state index contributed by atoms with van der Waals surface area (Å²) in [7, 11) is 0. The van der Waals surface area contributed by atoms with Gasteiger partial charge in [0.15, 0.2) is 0 Å². The van der Waals surface area contributed by atoms with E-state index < -0.39 is 5.41 Å². The quantitative estimate of drug-likeness (QED) is 0.151. The molecule has 0 bridgehead atoms. The van der Waals surface area contributed by atoms with Crippen molar-refractivity contribution in [2.24, 2.45) is 0 Å². The fourth-order valence-electron chi connectivity index (χ4n) is 11.0. The molecular weight excluding hydrogens is 811 g/mol. The number of rotatable bonds is 8. The van der Waals surface area contributed by atoms with E-state index in [1.807, 2.05) is 0 Å². The summed E-state index contributed by atoms with van der Waals surface area (Å²) in [6.07, 6.45) is 0. The van der Waals surface area contributed by atoms with Crippen LogP contribution in [0.3, 0.4) is 0 Å². The minimum Gasteiger partial charge on any atom is -0.455 e. The Morgan fingerprint density at radius 1 is 0.299 bits per heavy atom. The van der Waals surface area contributed by atoms with Gasteiger partial charge in [-0.2, -0.15) is 0 Å². The van der Waals surface area contributed by atoms with Crippen molar-refractivity contribution in [2.75, 3.05) is 4.90 Å². The number of benzene rings is 11. The third-order valence-corrected chi connectivity index (χ3v) is 14.0. The monoisotopic (exact) mass is 853 g/mol. The predicted octanol–water partition coefficient (Wildman–Crippen LogP) is 17.6. The minimum absolute atomic E-state index is 0.519. The molecule has 1 aliphatic rings. The van der Waals surface area contributed by atoms with Crippen molar-refractivity contribution in [3.8, 4) is 44.5 Å². The molecule has 2 nitrogen and oxygen atoms in total. The Balaban J connectivity index is 0.991. The molecule has 0 aliphatic heterocycles. The van der Waals surface area contributed by atoms with Crippen molar-refractivity contribution >= 4 is 49.8 Å². The van der Waals surface area contributed by atoms with Gasteiger partial charge in [-0.1, -0.05) is 212 Å². The highest BCUT2D eigenvalue weighted by atomic mass is 16.3. The van der Waals surface area contributed by atoms with Gasteiger partial charge in [0, 0.05) is 33.2 Å². The first kappa shape index (κ1) is 38.7. The van der Waals surface area contributed by atoms with Crippen molar-refractivity contribution in [2.45, 2.75) is 5.41 Å². The van der Waals surface area contributed by atoms with Crippen LogP contribution in [0.1, 0.15) is 22.3 Å². The van der Waals surface area contributed by atoms with Gasteiger partial charge in [0.25, 0.3) is 0 Å². The average Bonchev–Trinajstić information content (AvgIpc) is 3.94. The van der Waals surface area contributed by atoms with Crippen molar-refractivity contribution in [1.82, 2.24) is 0 Å². The highest BCUT2D eigenvalue weighted by Gasteiger charge is 2.46. The molecule has 314 valence electrons. The summed E-state index contributed by atoms with van der Waals surface area (Å²) < 4.78 is 6.77. The van der Waals surface area contributed by atoms with E-state index in [1.165, 1.54) is 61.0 Å². The zero-order valence-corrected chi connectivity index (χ0v) is 36.7. The number of hydrogen-bond donors (Lipinski definition) is 0. The lowest BCUT2D eigenvalue weighted by Gasteiger charge is -2.35. The van der Waals surface area contributed by atoms with E-state index in [1.54, 1.807) is 0 Å². The highest BCUT2D eigenvalue weighted by molar-refractivity contribution is 6.22. The standard InChI is InChI=1S/C65H43NO/c1-5-18-44(19-6-1)45-32-36-50(37-33-45)66(52-40-41-56-55-27-15-16-30-60(55)65(61(56)42-52,48-22-9-3-10-23-48)49-24-11-4-12-25-49)51-38-34-47(35-39-51)53-29-17-31-62-63(53)59-43-58(46-20-7-2-8-21-46)54-26-13-14-28-57(54)64(59)67-62/h1-43H. The molecule has 1 aliphatic carbocycles. The first-order valence-corrected chi connectivity index (χ1v) is 23.1. The molecule has 0 amide bonds. The summed E-state index contributed by atoms with van der Waals surface area (Å²) in [6.45, 7) is 0. The van der Waals surface area contributed by atoms with Gasteiger partial charge in [-0.05, 0) is 121 Å². The van der Waals surface area contributed by atoms with Crippen LogP contribution in [0.4, 0.5) is 17.1 Å². The van der Waals surface area contributed by atoms with Crippen LogP contribution in [0.5, 0.6) is 0 Å². The molecule has 12 aromatic rings. The van der Waals surface area contributed by atoms with Gasteiger partial charge < -0.3 is 9.32 Å². The van der Waals surface area contributed by atoms with Crippen molar-refractivity contribution in [1.29, 1.82) is 0 Å². The minimum atomic E-state index is -0.519. The van der Waals surface area contributed by atoms with Crippen LogP contribution in [0, 0.1) is 0 Å². The molecule has 1 heterocycles. The van der Waals surface area contributed by atoms with E-state index in [4.69, 9.17) is 4.42 Å². The molecule has 2 heteroatoms. The molecule has 1 aromatic heterocycles. The van der Waals surface area contributed by atoms with Gasteiger partial charge in [0.05, 0.1) is 5.41 Å². The number of furan rings is 1. The first-order valence-electron chi connectivity index (χ1n) is 23.1. The molecule has 0 unspecified atom stereocenters. The lowest BCUT2D eigenvalue weighted by atomic mass is 9.67. The lowest BCUT2D eigenvalue weighted by Crippen LogP contribution is -2.28. The van der Waals surface area contributed by atoms with Crippen LogP contribution >= 0.6 is 0 Å². The summed E-state index contributed by atoms with van der Waals surface area (Å²) in [5.41, 5.74) is 19.1. The molecule has 0 fully saturated rings. The van der Waals surface area contributed by atoms with Gasteiger partial charge in [-0.15, -0.1) is 0 Å². The average molecular weight is 854 g/mol. The second-order valence-electron chi connectivity index (χ2n) is 17.5. The maximum atomic E-state index is 6.77. The third kappa shape index (κ3) is 6.18. The van der Waals surface area contributed by atoms with Gasteiger partial charge in [-0.3, -0.25) is 0 Å². The van der Waals surface area contributed by atoms with Gasteiger partial charge in [0.2, 0.25) is 0 Å². The van der Waals surface area contributed by atoms with Crippen molar-refractivity contribution < 1.29 is 4.42 Å². The molecule has 0 saturated heterocycles. The fourth-order valence-corrected chi connectivity index (χ4v) is 11.0. The van der Waals surface area contributed by atoms with Gasteiger partial charge in [0.1, 0.15) is 11.2 Å². The zero-order valence-electron chi connectivity index (χ0n) is 36.7. The van der Waals surface area contributed by atoms with Crippen molar-refractivity contribution in [3.05, 3.63) is 283 Å². The predicted molar refractivity (Wildman–Crippen MR) is 280 cm³/mol. The number of anilines is 3. The van der Waals surface area contributed by atoms with Crippen LogP contribution in [0.25, 0.3) is 77.2 Å². The molecule has 13 rings (SSSR count). The normalized spacial score (nSPS) is 12.6. The van der Waals surface area contributed by atoms with Crippen LogP contribution in [-0.2, 0) is 5.41 Å². The maximum Gasteiger partial charge on any atom is 0.143 e. The Morgan fingerprint density at radius 2 is 0.791 bits per heavy atom. The number of fused-ring (bicyclic) bond motifs is 8. The van der Waals surface area contributed by atoms with E-state index >= 15 is 0 Å². The summed E-state index contributed by atoms with van der Waals surface area (Å²) in [5, 5.41) is 4.54. The van der Waals surface area contributed by atoms with E-state index in [9.17, 15) is 0 Å². The summed E-state index contributed by atoms with van der Waals surface area (Å²) in [5.74, 6) is 0. The SMILES string of the molecule is c1ccc(-c2ccc(N(c3ccc(-c4cccc5oc6c7ccccc7c(-c7ccccc7)cc6c45)cc3)c3ccc4c(c3)C(c3ccccc3)(c3ccccc3)c3ccccc3-4)cc2)cc1. The lowest BCUT2D eigenvalue weighted by molar-refractivity contribution is 0.673. The maximum absolute atomic E-state index is 6.77. The molecule has 0 spiro atoms. The molecule has 0 atom stereocenters. The van der Waals surface area contributed by atoms with E-state index in [0.29, 0.717) is 0 Å². The summed E-state index contributed by atoms with van der Waals surface area (Å²) >= 11 is 0. The zero-order chi connectivity index (χ0) is 44.3. The molecule has 0 saturated carbocycles. The van der Waals surface area contributed by atoms with Gasteiger partial charge in [-0.25, -0.2) is 0 Å². The Kier molecular flexibility index (Phi) is 9.11. The summed E-state index contributed by atoms with van der Waals surface area (Å²) in [6, 6.07) is 94.9.